The van der Waals surface area contributed by atoms with Crippen molar-refractivity contribution in [1.29, 1.82) is 0 Å². The van der Waals surface area contributed by atoms with Crippen LogP contribution < -0.4 is 14.4 Å². The Balaban J connectivity index is 1.38. The van der Waals surface area contributed by atoms with Gasteiger partial charge in [0.2, 0.25) is 0 Å². The maximum absolute atomic E-state index is 11.2. The van der Waals surface area contributed by atoms with Crippen molar-refractivity contribution in [2.45, 2.75) is 13.8 Å². The Hall–Kier alpha value is -5.67. The van der Waals surface area contributed by atoms with E-state index in [1.807, 2.05) is 12.1 Å². The molecule has 0 aliphatic rings. The first-order chi connectivity index (χ1) is 21.5. The molecule has 4 heterocycles. The molecule has 6 aromatic rings. The lowest BCUT2D eigenvalue weighted by Gasteiger charge is -2.24. The molecule has 0 N–H and O–H groups in total. The van der Waals surface area contributed by atoms with Gasteiger partial charge in [0.05, 0.1) is 22.8 Å². The van der Waals surface area contributed by atoms with Gasteiger partial charge in [0, 0.05) is 46.8 Å². The SMILES string of the molecule is Cc1ccc(N(c2ccc(C)cc2)c2ccc(-c3ccnc(-c4cc(OC=O)cc(-c5cc(OC=O)ccn5)n4)c3)s2)cc1. The molecule has 0 saturated carbocycles. The van der Waals surface area contributed by atoms with E-state index in [4.69, 9.17) is 14.5 Å². The summed E-state index contributed by atoms with van der Waals surface area (Å²) in [4.78, 5) is 39.0. The second-order valence-corrected chi connectivity index (χ2v) is 11.0. The second-order valence-electron chi connectivity index (χ2n) is 9.95. The van der Waals surface area contributed by atoms with Gasteiger partial charge in [-0.1, -0.05) is 35.4 Å². The molecule has 4 aromatic heterocycles. The molecule has 0 aliphatic carbocycles. The largest absolute Gasteiger partial charge is 0.429 e. The number of carbonyl (C=O) groups excluding carboxylic acids is 2. The zero-order chi connectivity index (χ0) is 30.5. The minimum Gasteiger partial charge on any atom is -0.429 e. The van der Waals surface area contributed by atoms with Gasteiger partial charge in [0.25, 0.3) is 12.9 Å². The Morgan fingerprint density at radius 3 is 1.77 bits per heavy atom. The van der Waals surface area contributed by atoms with Crippen molar-refractivity contribution < 1.29 is 19.1 Å². The van der Waals surface area contributed by atoms with Crippen LogP contribution in [-0.4, -0.2) is 27.9 Å². The fourth-order valence-corrected chi connectivity index (χ4v) is 5.73. The lowest BCUT2D eigenvalue weighted by Crippen LogP contribution is -2.08. The number of carbonyl (C=O) groups is 2. The molecule has 0 fully saturated rings. The average Bonchev–Trinajstić information content (AvgIpc) is 3.53. The van der Waals surface area contributed by atoms with Crippen molar-refractivity contribution >= 4 is 40.7 Å². The third-order valence-electron chi connectivity index (χ3n) is 6.86. The van der Waals surface area contributed by atoms with Crippen LogP contribution in [0.1, 0.15) is 11.1 Å². The van der Waals surface area contributed by atoms with Crippen molar-refractivity contribution in [1.82, 2.24) is 15.0 Å². The first-order valence-corrected chi connectivity index (χ1v) is 14.5. The lowest BCUT2D eigenvalue weighted by atomic mass is 10.1. The summed E-state index contributed by atoms with van der Waals surface area (Å²) in [6, 6.07) is 31.5. The van der Waals surface area contributed by atoms with E-state index in [2.05, 4.69) is 89.4 Å². The highest BCUT2D eigenvalue weighted by Crippen LogP contribution is 2.42. The molecule has 6 rings (SSSR count). The van der Waals surface area contributed by atoms with Gasteiger partial charge in [-0.25, -0.2) is 4.98 Å². The van der Waals surface area contributed by atoms with Crippen molar-refractivity contribution in [2.75, 3.05) is 4.90 Å². The number of rotatable bonds is 10. The summed E-state index contributed by atoms with van der Waals surface area (Å²) in [5.41, 5.74) is 7.44. The van der Waals surface area contributed by atoms with Crippen LogP contribution in [0.5, 0.6) is 11.5 Å². The molecule has 0 bridgehead atoms. The lowest BCUT2D eigenvalue weighted by molar-refractivity contribution is -0.121. The van der Waals surface area contributed by atoms with Crippen molar-refractivity contribution in [2.24, 2.45) is 0 Å². The zero-order valence-corrected chi connectivity index (χ0v) is 24.7. The molecule has 0 radical (unpaired) electrons. The van der Waals surface area contributed by atoms with Crippen LogP contribution in [0, 0.1) is 13.8 Å². The maximum Gasteiger partial charge on any atom is 0.298 e. The maximum atomic E-state index is 11.2. The molecular formula is C35H26N4O4S. The third kappa shape index (κ3) is 6.23. The van der Waals surface area contributed by atoms with Gasteiger partial charge in [-0.05, 0) is 74.0 Å². The summed E-state index contributed by atoms with van der Waals surface area (Å²) in [6.07, 6.45) is 3.24. The number of hydrogen-bond acceptors (Lipinski definition) is 9. The van der Waals surface area contributed by atoms with E-state index < -0.39 is 0 Å². The minimum absolute atomic E-state index is 0.279. The van der Waals surface area contributed by atoms with E-state index in [0.29, 0.717) is 41.5 Å². The number of benzene rings is 2. The Bertz CT molecular complexity index is 1890. The van der Waals surface area contributed by atoms with Crippen LogP contribution in [0.2, 0.25) is 0 Å². The summed E-state index contributed by atoms with van der Waals surface area (Å²) >= 11 is 1.67. The number of anilines is 3. The fraction of sp³-hybridized carbons (Fsp3) is 0.0571. The Morgan fingerprint density at radius 1 is 0.614 bits per heavy atom. The minimum atomic E-state index is 0.279. The van der Waals surface area contributed by atoms with Crippen LogP contribution in [0.25, 0.3) is 33.2 Å². The molecule has 0 aliphatic heterocycles. The molecule has 0 amide bonds. The molecule has 8 nitrogen and oxygen atoms in total. The normalized spacial score (nSPS) is 10.7. The quantitative estimate of drug-likeness (QED) is 0.146. The Kier molecular flexibility index (Phi) is 8.20. The van der Waals surface area contributed by atoms with Crippen molar-refractivity contribution in [3.05, 3.63) is 121 Å². The van der Waals surface area contributed by atoms with Gasteiger partial charge < -0.3 is 14.4 Å². The summed E-state index contributed by atoms with van der Waals surface area (Å²) in [5, 5.41) is 1.07. The van der Waals surface area contributed by atoms with E-state index in [0.717, 1.165) is 26.8 Å². The Labute approximate surface area is 258 Å². The summed E-state index contributed by atoms with van der Waals surface area (Å²) in [5.74, 6) is 0.593. The van der Waals surface area contributed by atoms with E-state index in [1.54, 1.807) is 41.8 Å². The van der Waals surface area contributed by atoms with E-state index in [1.165, 1.54) is 17.3 Å². The van der Waals surface area contributed by atoms with Gasteiger partial charge >= 0.3 is 0 Å². The third-order valence-corrected chi connectivity index (χ3v) is 7.98. The smallest absolute Gasteiger partial charge is 0.298 e. The van der Waals surface area contributed by atoms with E-state index >= 15 is 0 Å². The van der Waals surface area contributed by atoms with Crippen LogP contribution in [0.15, 0.2) is 109 Å². The highest BCUT2D eigenvalue weighted by atomic mass is 32.1. The van der Waals surface area contributed by atoms with Crippen molar-refractivity contribution in [3.63, 3.8) is 0 Å². The fourth-order valence-electron chi connectivity index (χ4n) is 4.69. The molecule has 216 valence electrons. The van der Waals surface area contributed by atoms with Gasteiger partial charge in [-0.3, -0.25) is 19.6 Å². The Morgan fingerprint density at radius 2 is 1.16 bits per heavy atom. The number of aryl methyl sites for hydroxylation is 2. The predicted octanol–water partition coefficient (Wildman–Crippen LogP) is 8.09. The van der Waals surface area contributed by atoms with E-state index in [-0.39, 0.29) is 5.75 Å². The summed E-state index contributed by atoms with van der Waals surface area (Å²) in [7, 11) is 0. The number of nitrogens with zero attached hydrogens (tertiary/aromatic N) is 4. The molecule has 0 unspecified atom stereocenters. The highest BCUT2D eigenvalue weighted by Gasteiger charge is 2.17. The molecular weight excluding hydrogens is 572 g/mol. The van der Waals surface area contributed by atoms with Gasteiger partial charge in [0.15, 0.2) is 0 Å². The number of pyridine rings is 3. The molecule has 44 heavy (non-hydrogen) atoms. The number of hydrogen-bond donors (Lipinski definition) is 0. The van der Waals surface area contributed by atoms with Crippen LogP contribution in [0.4, 0.5) is 16.4 Å². The first-order valence-electron chi connectivity index (χ1n) is 13.7. The monoisotopic (exact) mass is 598 g/mol. The molecule has 0 atom stereocenters. The van der Waals surface area contributed by atoms with Gasteiger partial charge in [-0.2, -0.15) is 0 Å². The van der Waals surface area contributed by atoms with Crippen LogP contribution in [-0.2, 0) is 9.59 Å². The number of aromatic nitrogens is 3. The summed E-state index contributed by atoms with van der Waals surface area (Å²) in [6.45, 7) is 4.86. The van der Waals surface area contributed by atoms with Crippen LogP contribution in [0.3, 0.4) is 0 Å². The second kappa shape index (κ2) is 12.7. The van der Waals surface area contributed by atoms with Gasteiger partial charge in [0.1, 0.15) is 16.5 Å². The number of thiophene rings is 1. The van der Waals surface area contributed by atoms with Gasteiger partial charge in [-0.15, -0.1) is 11.3 Å². The summed E-state index contributed by atoms with van der Waals surface area (Å²) < 4.78 is 10.1. The predicted molar refractivity (Wildman–Crippen MR) is 172 cm³/mol. The van der Waals surface area contributed by atoms with E-state index in [9.17, 15) is 9.59 Å². The molecule has 0 saturated heterocycles. The highest BCUT2D eigenvalue weighted by molar-refractivity contribution is 7.19. The zero-order valence-electron chi connectivity index (χ0n) is 23.9. The average molecular weight is 599 g/mol. The van der Waals surface area contributed by atoms with Crippen molar-refractivity contribution in [3.8, 4) is 44.7 Å². The first kappa shape index (κ1) is 28.4. The topological polar surface area (TPSA) is 94.5 Å². The standard InChI is InChI=1S/C35H26N4O4S/c1-23-3-7-26(8-4-23)39(27-9-5-24(2)6-10-27)35-12-11-34(44-35)25-13-15-36-30(17-25)32-19-29(43-22-41)20-33(38-32)31-18-28(42-21-40)14-16-37-31/h3-22H,1-2H3. The number of ether oxygens (including phenoxy) is 2. The molecule has 0 spiro atoms. The van der Waals surface area contributed by atoms with Crippen LogP contribution >= 0.6 is 11.3 Å². The molecule has 9 heteroatoms. The molecule has 2 aromatic carbocycles.